The molecule has 172 valence electrons. The summed E-state index contributed by atoms with van der Waals surface area (Å²) in [7, 11) is 0. The van der Waals surface area contributed by atoms with Gasteiger partial charge < -0.3 is 15.0 Å². The number of carbonyl (C=O) groups is 2. The van der Waals surface area contributed by atoms with E-state index in [0.717, 1.165) is 66.9 Å². The number of benzene rings is 1. The normalized spacial score (nSPS) is 28.4. The molecule has 32 heavy (non-hydrogen) atoms. The van der Waals surface area contributed by atoms with Crippen LogP contribution in [0.4, 0.5) is 5.13 Å². The maximum Gasteiger partial charge on any atom is 0.338 e. The van der Waals surface area contributed by atoms with Gasteiger partial charge in [-0.2, -0.15) is 0 Å². The van der Waals surface area contributed by atoms with Crippen LogP contribution in [0.1, 0.15) is 62.7 Å². The van der Waals surface area contributed by atoms with Crippen molar-refractivity contribution in [2.75, 3.05) is 31.6 Å². The van der Waals surface area contributed by atoms with E-state index < -0.39 is 0 Å². The molecule has 4 aliphatic rings. The highest BCUT2D eigenvalue weighted by Crippen LogP contribution is 2.60. The van der Waals surface area contributed by atoms with E-state index in [1.54, 1.807) is 6.07 Å². The standard InChI is InChI=1S/C25H33N3O3S/c1-3-28(4-2)7-8-31-22(29)19-5-6-20-21(12-19)32-24(26-20)27-23(30)25-13-16-9-17(14-25)11-18(10-16)15-25/h5-6,12,16-18H,3-4,7-11,13-15H2,1-2H3,(H,26,27,30). The highest BCUT2D eigenvalue weighted by molar-refractivity contribution is 7.22. The van der Waals surface area contributed by atoms with E-state index in [4.69, 9.17) is 4.74 Å². The fraction of sp³-hybridized carbons (Fsp3) is 0.640. The summed E-state index contributed by atoms with van der Waals surface area (Å²) in [5.74, 6) is 2.05. The fourth-order valence-corrected chi connectivity index (χ4v) is 7.51. The van der Waals surface area contributed by atoms with Crippen LogP contribution in [-0.4, -0.2) is 48.0 Å². The third-order valence-electron chi connectivity index (χ3n) is 7.90. The lowest BCUT2D eigenvalue weighted by atomic mass is 9.49. The molecule has 1 N–H and O–H groups in total. The van der Waals surface area contributed by atoms with Crippen molar-refractivity contribution >= 4 is 38.6 Å². The molecular formula is C25H33N3O3S. The molecule has 4 saturated carbocycles. The van der Waals surface area contributed by atoms with E-state index in [0.29, 0.717) is 17.3 Å². The Labute approximate surface area is 193 Å². The van der Waals surface area contributed by atoms with Crippen molar-refractivity contribution in [1.29, 1.82) is 0 Å². The van der Waals surface area contributed by atoms with Crippen LogP contribution < -0.4 is 5.32 Å². The van der Waals surface area contributed by atoms with Crippen LogP contribution in [0.25, 0.3) is 10.2 Å². The minimum atomic E-state index is -0.313. The van der Waals surface area contributed by atoms with Crippen molar-refractivity contribution < 1.29 is 14.3 Å². The summed E-state index contributed by atoms with van der Waals surface area (Å²) < 4.78 is 6.35. The third-order valence-corrected chi connectivity index (χ3v) is 8.83. The number of amides is 1. The predicted molar refractivity (Wildman–Crippen MR) is 127 cm³/mol. The zero-order valence-corrected chi connectivity index (χ0v) is 19.9. The number of nitrogens with one attached hydrogen (secondary N) is 1. The van der Waals surface area contributed by atoms with Crippen LogP contribution in [0.5, 0.6) is 0 Å². The monoisotopic (exact) mass is 455 g/mol. The Morgan fingerprint density at radius 1 is 1.12 bits per heavy atom. The molecule has 1 aromatic carbocycles. The first-order valence-corrected chi connectivity index (χ1v) is 12.9. The predicted octanol–water partition coefficient (Wildman–Crippen LogP) is 4.95. The molecule has 0 atom stereocenters. The zero-order chi connectivity index (χ0) is 22.3. The average molecular weight is 456 g/mol. The highest BCUT2D eigenvalue weighted by Gasteiger charge is 2.54. The van der Waals surface area contributed by atoms with Gasteiger partial charge in [0.25, 0.3) is 0 Å². The van der Waals surface area contributed by atoms with Crippen molar-refractivity contribution in [3.8, 4) is 0 Å². The number of aromatic nitrogens is 1. The molecule has 6 nitrogen and oxygen atoms in total. The van der Waals surface area contributed by atoms with Crippen LogP contribution in [-0.2, 0) is 9.53 Å². The van der Waals surface area contributed by atoms with Crippen LogP contribution >= 0.6 is 11.3 Å². The lowest BCUT2D eigenvalue weighted by Gasteiger charge is -2.55. The summed E-state index contributed by atoms with van der Waals surface area (Å²) in [6.45, 7) is 7.21. The molecule has 0 saturated heterocycles. The second-order valence-corrected chi connectivity index (χ2v) is 11.0. The summed E-state index contributed by atoms with van der Waals surface area (Å²) >= 11 is 1.44. The maximum atomic E-state index is 13.3. The molecule has 1 aromatic heterocycles. The number of rotatable bonds is 8. The van der Waals surface area contributed by atoms with E-state index in [9.17, 15) is 9.59 Å². The molecule has 2 aromatic rings. The van der Waals surface area contributed by atoms with Gasteiger partial charge >= 0.3 is 5.97 Å². The minimum absolute atomic E-state index is 0.159. The van der Waals surface area contributed by atoms with Gasteiger partial charge in [0.15, 0.2) is 5.13 Å². The van der Waals surface area contributed by atoms with Crippen LogP contribution in [0.3, 0.4) is 0 Å². The second-order valence-electron chi connectivity index (χ2n) is 10.0. The first kappa shape index (κ1) is 21.8. The third kappa shape index (κ3) is 4.17. The first-order valence-electron chi connectivity index (χ1n) is 12.1. The van der Waals surface area contributed by atoms with Gasteiger partial charge in [-0.1, -0.05) is 25.2 Å². The smallest absolute Gasteiger partial charge is 0.338 e. The van der Waals surface area contributed by atoms with E-state index in [1.165, 1.54) is 30.6 Å². The number of ether oxygens (including phenoxy) is 1. The molecule has 1 heterocycles. The van der Waals surface area contributed by atoms with Gasteiger partial charge in [0.05, 0.1) is 21.2 Å². The average Bonchev–Trinajstić information content (AvgIpc) is 3.17. The Morgan fingerprint density at radius 2 is 1.78 bits per heavy atom. The lowest BCUT2D eigenvalue weighted by Crippen LogP contribution is -2.51. The van der Waals surface area contributed by atoms with E-state index in [1.807, 2.05) is 12.1 Å². The number of thiazole rings is 1. The van der Waals surface area contributed by atoms with Gasteiger partial charge in [0, 0.05) is 6.54 Å². The SMILES string of the molecule is CCN(CC)CCOC(=O)c1ccc2nc(NC(=O)C34CC5CC(CC(C5)C3)C4)sc2c1. The summed E-state index contributed by atoms with van der Waals surface area (Å²) in [4.78, 5) is 32.6. The van der Waals surface area contributed by atoms with Crippen LogP contribution in [0.15, 0.2) is 18.2 Å². The largest absolute Gasteiger partial charge is 0.461 e. The minimum Gasteiger partial charge on any atom is -0.461 e. The van der Waals surface area contributed by atoms with Crippen molar-refractivity contribution in [2.24, 2.45) is 23.2 Å². The number of hydrogen-bond acceptors (Lipinski definition) is 6. The summed E-state index contributed by atoms with van der Waals surface area (Å²) in [5, 5.41) is 3.78. The van der Waals surface area contributed by atoms with Gasteiger partial charge in [0.1, 0.15) is 6.61 Å². The van der Waals surface area contributed by atoms with Crippen LogP contribution in [0.2, 0.25) is 0 Å². The quantitative estimate of drug-likeness (QED) is 0.570. The van der Waals surface area contributed by atoms with Crippen molar-refractivity contribution in [3.63, 3.8) is 0 Å². The maximum absolute atomic E-state index is 13.3. The van der Waals surface area contributed by atoms with E-state index >= 15 is 0 Å². The Balaban J connectivity index is 1.24. The number of esters is 1. The molecule has 0 unspecified atom stereocenters. The van der Waals surface area contributed by atoms with Gasteiger partial charge in [0.2, 0.25) is 5.91 Å². The fourth-order valence-electron chi connectivity index (χ4n) is 6.61. The molecule has 6 rings (SSSR count). The topological polar surface area (TPSA) is 71.5 Å². The van der Waals surface area contributed by atoms with Crippen molar-refractivity contribution in [1.82, 2.24) is 9.88 Å². The molecule has 4 bridgehead atoms. The van der Waals surface area contributed by atoms with Crippen LogP contribution in [0, 0.1) is 23.2 Å². The lowest BCUT2D eigenvalue weighted by molar-refractivity contribution is -0.140. The van der Waals surface area contributed by atoms with Gasteiger partial charge in [-0.3, -0.25) is 4.79 Å². The number of likely N-dealkylation sites (N-methyl/N-ethyl adjacent to an activating group) is 1. The Morgan fingerprint density at radius 3 is 2.41 bits per heavy atom. The Kier molecular flexibility index (Phi) is 5.97. The number of carbonyl (C=O) groups excluding carboxylic acids is 2. The molecule has 1 amide bonds. The van der Waals surface area contributed by atoms with Gasteiger partial charge in [-0.15, -0.1) is 0 Å². The van der Waals surface area contributed by atoms with Crippen molar-refractivity contribution in [3.05, 3.63) is 23.8 Å². The summed E-state index contributed by atoms with van der Waals surface area (Å²) in [6.07, 6.45) is 7.09. The highest BCUT2D eigenvalue weighted by atomic mass is 32.1. The number of anilines is 1. The second kappa shape index (κ2) is 8.75. The summed E-state index contributed by atoms with van der Waals surface area (Å²) in [6, 6.07) is 5.42. The van der Waals surface area contributed by atoms with Gasteiger partial charge in [-0.05, 0) is 87.6 Å². The number of hydrogen-bond donors (Lipinski definition) is 1. The molecule has 0 spiro atoms. The number of nitrogens with zero attached hydrogens (tertiary/aromatic N) is 2. The molecule has 4 aliphatic carbocycles. The molecular weight excluding hydrogens is 422 g/mol. The summed E-state index contributed by atoms with van der Waals surface area (Å²) in [5.41, 5.74) is 1.14. The number of fused-ring (bicyclic) bond motifs is 1. The zero-order valence-electron chi connectivity index (χ0n) is 19.1. The first-order chi connectivity index (χ1) is 15.5. The van der Waals surface area contributed by atoms with Gasteiger partial charge in [-0.25, -0.2) is 9.78 Å². The molecule has 4 fully saturated rings. The van der Waals surface area contributed by atoms with Crippen molar-refractivity contribution in [2.45, 2.75) is 52.4 Å². The molecule has 7 heteroatoms. The Bertz CT molecular complexity index is 978. The van der Waals surface area contributed by atoms with E-state index in [-0.39, 0.29) is 17.3 Å². The molecule has 0 radical (unpaired) electrons. The molecule has 0 aliphatic heterocycles. The Hall–Kier alpha value is -1.99. The van der Waals surface area contributed by atoms with E-state index in [2.05, 4.69) is 29.0 Å².